The molecule has 94 valence electrons. The number of amides is 1. The van der Waals surface area contributed by atoms with E-state index in [2.05, 4.69) is 5.32 Å². The van der Waals surface area contributed by atoms with Gasteiger partial charge in [-0.3, -0.25) is 4.79 Å². The second kappa shape index (κ2) is 6.25. The first kappa shape index (κ1) is 13.5. The molecule has 1 rings (SSSR count). The van der Waals surface area contributed by atoms with E-state index >= 15 is 0 Å². The van der Waals surface area contributed by atoms with Gasteiger partial charge in [-0.05, 0) is 44.6 Å². The molecule has 1 aromatic carbocycles. The Bertz CT molecular complexity index is 391. The first-order chi connectivity index (χ1) is 8.06. The minimum atomic E-state index is -0.0589. The van der Waals surface area contributed by atoms with Crippen LogP contribution in [0.15, 0.2) is 18.2 Å². The third-order valence-corrected chi connectivity index (χ3v) is 2.72. The summed E-state index contributed by atoms with van der Waals surface area (Å²) in [7, 11) is 3.66. The van der Waals surface area contributed by atoms with Gasteiger partial charge in [-0.25, -0.2) is 0 Å². The number of hydrogen-bond acceptors (Lipinski definition) is 3. The number of aryl methyl sites for hydroxylation is 1. The molecule has 0 saturated heterocycles. The third kappa shape index (κ3) is 3.75. The molecule has 0 spiro atoms. The summed E-state index contributed by atoms with van der Waals surface area (Å²) in [6.07, 6.45) is 0.913. The van der Waals surface area contributed by atoms with Gasteiger partial charge in [0.1, 0.15) is 5.75 Å². The van der Waals surface area contributed by atoms with Crippen molar-refractivity contribution in [1.29, 1.82) is 0 Å². The Morgan fingerprint density at radius 2 is 2.18 bits per heavy atom. The highest BCUT2D eigenvalue weighted by atomic mass is 16.3. The molecule has 0 heterocycles. The molecule has 17 heavy (non-hydrogen) atoms. The minimum Gasteiger partial charge on any atom is -0.508 e. The van der Waals surface area contributed by atoms with E-state index in [-0.39, 0.29) is 11.7 Å². The van der Waals surface area contributed by atoms with E-state index in [4.69, 9.17) is 0 Å². The highest BCUT2D eigenvalue weighted by Crippen LogP contribution is 2.18. The molecule has 0 aliphatic carbocycles. The second-order valence-corrected chi connectivity index (χ2v) is 4.19. The molecule has 0 aliphatic heterocycles. The predicted octanol–water partition coefficient (Wildman–Crippen LogP) is 1.38. The number of nitrogens with zero attached hydrogens (tertiary/aromatic N) is 1. The number of carbonyl (C=O) groups excluding carboxylic acids is 1. The molecule has 0 saturated carbocycles. The topological polar surface area (TPSA) is 52.6 Å². The molecule has 1 amide bonds. The van der Waals surface area contributed by atoms with Crippen LogP contribution in [0.2, 0.25) is 0 Å². The Hall–Kier alpha value is -1.55. The number of phenolic OH excluding ortho intramolecular Hbond substituents is 1. The van der Waals surface area contributed by atoms with Gasteiger partial charge < -0.3 is 15.3 Å². The maximum Gasteiger partial charge on any atom is 0.253 e. The Balaban J connectivity index is 2.65. The SMILES string of the molecule is CNCCCN(C)C(=O)c1ccc(C)c(O)c1. The van der Waals surface area contributed by atoms with Gasteiger partial charge in [-0.1, -0.05) is 6.07 Å². The van der Waals surface area contributed by atoms with Gasteiger partial charge in [0, 0.05) is 19.2 Å². The lowest BCUT2D eigenvalue weighted by Crippen LogP contribution is -2.29. The quantitative estimate of drug-likeness (QED) is 0.759. The van der Waals surface area contributed by atoms with Crippen molar-refractivity contribution in [2.75, 3.05) is 27.2 Å². The van der Waals surface area contributed by atoms with Crippen LogP contribution in [0.4, 0.5) is 0 Å². The average Bonchev–Trinajstić information content (AvgIpc) is 2.32. The molecule has 2 N–H and O–H groups in total. The summed E-state index contributed by atoms with van der Waals surface area (Å²) in [5, 5.41) is 12.6. The zero-order chi connectivity index (χ0) is 12.8. The van der Waals surface area contributed by atoms with Crippen LogP contribution >= 0.6 is 0 Å². The van der Waals surface area contributed by atoms with Crippen molar-refractivity contribution in [3.05, 3.63) is 29.3 Å². The number of rotatable bonds is 5. The normalized spacial score (nSPS) is 10.3. The van der Waals surface area contributed by atoms with Crippen molar-refractivity contribution < 1.29 is 9.90 Å². The molecular formula is C13H20N2O2. The molecule has 0 aromatic heterocycles. The lowest BCUT2D eigenvalue weighted by atomic mass is 10.1. The standard InChI is InChI=1S/C13H20N2O2/c1-10-5-6-11(9-12(10)16)13(17)15(3)8-4-7-14-2/h5-6,9,14,16H,4,7-8H2,1-3H3. The maximum absolute atomic E-state index is 12.0. The summed E-state index contributed by atoms with van der Waals surface area (Å²) in [5.41, 5.74) is 1.31. The first-order valence-electron chi connectivity index (χ1n) is 5.76. The van der Waals surface area contributed by atoms with Crippen LogP contribution in [0.3, 0.4) is 0 Å². The summed E-state index contributed by atoms with van der Waals surface area (Å²) in [6, 6.07) is 5.02. The van der Waals surface area contributed by atoms with Crippen LogP contribution in [0.25, 0.3) is 0 Å². The number of hydrogen-bond donors (Lipinski definition) is 2. The average molecular weight is 236 g/mol. The first-order valence-corrected chi connectivity index (χ1v) is 5.76. The van der Waals surface area contributed by atoms with Crippen molar-refractivity contribution in [3.63, 3.8) is 0 Å². The molecule has 0 aliphatic rings. The van der Waals surface area contributed by atoms with Gasteiger partial charge in [0.2, 0.25) is 0 Å². The number of phenols is 1. The Labute approximate surface area is 102 Å². The smallest absolute Gasteiger partial charge is 0.253 e. The molecule has 0 unspecified atom stereocenters. The fourth-order valence-electron chi connectivity index (χ4n) is 1.56. The number of aromatic hydroxyl groups is 1. The monoisotopic (exact) mass is 236 g/mol. The molecule has 0 radical (unpaired) electrons. The van der Waals surface area contributed by atoms with Crippen LogP contribution < -0.4 is 5.32 Å². The van der Waals surface area contributed by atoms with Crippen molar-refractivity contribution in [2.45, 2.75) is 13.3 Å². The van der Waals surface area contributed by atoms with Gasteiger partial charge in [-0.2, -0.15) is 0 Å². The third-order valence-electron chi connectivity index (χ3n) is 2.72. The number of carbonyl (C=O) groups is 1. The van der Waals surface area contributed by atoms with Gasteiger partial charge >= 0.3 is 0 Å². The fraction of sp³-hybridized carbons (Fsp3) is 0.462. The predicted molar refractivity (Wildman–Crippen MR) is 68.3 cm³/mol. The summed E-state index contributed by atoms with van der Waals surface area (Å²) in [6.45, 7) is 3.39. The van der Waals surface area contributed by atoms with Crippen molar-refractivity contribution in [1.82, 2.24) is 10.2 Å². The Kier molecular flexibility index (Phi) is 4.97. The maximum atomic E-state index is 12.0. The zero-order valence-corrected chi connectivity index (χ0v) is 10.7. The minimum absolute atomic E-state index is 0.0589. The van der Waals surface area contributed by atoms with Crippen molar-refractivity contribution in [2.24, 2.45) is 0 Å². The lowest BCUT2D eigenvalue weighted by molar-refractivity contribution is 0.0793. The summed E-state index contributed by atoms with van der Waals surface area (Å²) >= 11 is 0. The van der Waals surface area contributed by atoms with E-state index in [0.717, 1.165) is 18.5 Å². The summed E-state index contributed by atoms with van der Waals surface area (Å²) < 4.78 is 0. The Morgan fingerprint density at radius 3 is 2.76 bits per heavy atom. The van der Waals surface area contributed by atoms with Gasteiger partial charge in [-0.15, -0.1) is 0 Å². The van der Waals surface area contributed by atoms with E-state index in [1.165, 1.54) is 6.07 Å². The molecular weight excluding hydrogens is 216 g/mol. The number of nitrogens with one attached hydrogen (secondary N) is 1. The highest BCUT2D eigenvalue weighted by molar-refractivity contribution is 5.94. The fourth-order valence-corrected chi connectivity index (χ4v) is 1.56. The van der Waals surface area contributed by atoms with E-state index in [1.54, 1.807) is 31.0 Å². The van der Waals surface area contributed by atoms with Gasteiger partial charge in [0.15, 0.2) is 0 Å². The van der Waals surface area contributed by atoms with Crippen molar-refractivity contribution >= 4 is 5.91 Å². The number of benzene rings is 1. The molecule has 4 nitrogen and oxygen atoms in total. The second-order valence-electron chi connectivity index (χ2n) is 4.19. The lowest BCUT2D eigenvalue weighted by Gasteiger charge is -2.17. The highest BCUT2D eigenvalue weighted by Gasteiger charge is 2.12. The van der Waals surface area contributed by atoms with E-state index in [9.17, 15) is 9.90 Å². The van der Waals surface area contributed by atoms with Crippen LogP contribution in [0, 0.1) is 6.92 Å². The van der Waals surface area contributed by atoms with E-state index in [0.29, 0.717) is 12.1 Å². The molecule has 0 bridgehead atoms. The molecule has 4 heteroatoms. The molecule has 1 aromatic rings. The van der Waals surface area contributed by atoms with Crippen LogP contribution in [-0.4, -0.2) is 43.1 Å². The van der Waals surface area contributed by atoms with Crippen molar-refractivity contribution in [3.8, 4) is 5.75 Å². The molecule has 0 fully saturated rings. The van der Waals surface area contributed by atoms with E-state index < -0.39 is 0 Å². The zero-order valence-electron chi connectivity index (χ0n) is 10.7. The van der Waals surface area contributed by atoms with Gasteiger partial charge in [0.25, 0.3) is 5.91 Å². The van der Waals surface area contributed by atoms with Crippen LogP contribution in [0.5, 0.6) is 5.75 Å². The Morgan fingerprint density at radius 1 is 1.47 bits per heavy atom. The summed E-state index contributed by atoms with van der Waals surface area (Å²) in [4.78, 5) is 13.7. The van der Waals surface area contributed by atoms with Crippen LogP contribution in [0.1, 0.15) is 22.3 Å². The van der Waals surface area contributed by atoms with Crippen LogP contribution in [-0.2, 0) is 0 Å². The van der Waals surface area contributed by atoms with E-state index in [1.807, 2.05) is 7.05 Å². The largest absolute Gasteiger partial charge is 0.508 e. The summed E-state index contributed by atoms with van der Waals surface area (Å²) in [5.74, 6) is 0.107. The molecule has 0 atom stereocenters. The van der Waals surface area contributed by atoms with Gasteiger partial charge in [0.05, 0.1) is 0 Å².